The Bertz CT molecular complexity index is 1330. The van der Waals surface area contributed by atoms with Crippen LogP contribution in [0, 0.1) is 11.8 Å². The van der Waals surface area contributed by atoms with E-state index in [9.17, 15) is 9.59 Å². The summed E-state index contributed by atoms with van der Waals surface area (Å²) in [6, 6.07) is 33.3. The van der Waals surface area contributed by atoms with Crippen LogP contribution >= 0.6 is 0 Å². The molecule has 4 aliphatic rings. The predicted octanol–water partition coefficient (Wildman–Crippen LogP) is 5.88. The molecule has 164 valence electrons. The lowest BCUT2D eigenvalue weighted by molar-refractivity contribution is -0.122. The summed E-state index contributed by atoms with van der Waals surface area (Å²) in [6.45, 7) is 0. The number of hydrogen-bond acceptors (Lipinski definition) is 3. The number of anilines is 1. The highest BCUT2D eigenvalue weighted by Crippen LogP contribution is 2.61. The van der Waals surface area contributed by atoms with Crippen molar-refractivity contribution in [3.05, 3.63) is 125 Å². The average Bonchev–Trinajstić information content (AvgIpc) is 3.16. The first-order chi connectivity index (χ1) is 16.7. The maximum atomic E-state index is 13.8. The van der Waals surface area contributed by atoms with Crippen LogP contribution in [0.3, 0.4) is 0 Å². The Labute approximate surface area is 197 Å². The summed E-state index contributed by atoms with van der Waals surface area (Å²) in [5.74, 6) is 0.253. The van der Waals surface area contributed by atoms with Gasteiger partial charge >= 0.3 is 0 Å². The number of imide groups is 1. The topological polar surface area (TPSA) is 46.6 Å². The standard InChI is InChI=1S/C30H21NO3/c32-29-27-25-21-10-4-5-11-22(21)26(24-13-7-6-12-23(24)25)28(27)30(33)31(29)18-14-16-20(17-15-18)34-19-8-2-1-3-9-19/h1-17,25-28H. The molecule has 3 aliphatic carbocycles. The average molecular weight is 444 g/mol. The highest BCUT2D eigenvalue weighted by Gasteiger charge is 2.61. The summed E-state index contributed by atoms with van der Waals surface area (Å²) in [6.07, 6.45) is 0. The van der Waals surface area contributed by atoms with E-state index in [4.69, 9.17) is 4.74 Å². The van der Waals surface area contributed by atoms with Crippen molar-refractivity contribution in [1.29, 1.82) is 0 Å². The van der Waals surface area contributed by atoms with Crippen molar-refractivity contribution in [2.24, 2.45) is 11.8 Å². The number of hydrogen-bond donors (Lipinski definition) is 0. The molecule has 0 aromatic heterocycles. The molecule has 1 saturated heterocycles. The van der Waals surface area contributed by atoms with Gasteiger partial charge in [-0.1, -0.05) is 66.7 Å². The van der Waals surface area contributed by atoms with Crippen LogP contribution in [-0.4, -0.2) is 11.8 Å². The van der Waals surface area contributed by atoms with Gasteiger partial charge in [-0.05, 0) is 58.7 Å². The van der Waals surface area contributed by atoms with Gasteiger partial charge in [0.1, 0.15) is 11.5 Å². The second kappa shape index (κ2) is 7.16. The van der Waals surface area contributed by atoms with Crippen molar-refractivity contribution >= 4 is 17.5 Å². The van der Waals surface area contributed by atoms with Crippen LogP contribution in [-0.2, 0) is 9.59 Å². The smallest absolute Gasteiger partial charge is 0.238 e. The van der Waals surface area contributed by atoms with E-state index < -0.39 is 0 Å². The molecule has 2 amide bonds. The molecule has 4 nitrogen and oxygen atoms in total. The van der Waals surface area contributed by atoms with Crippen LogP contribution in [0.25, 0.3) is 0 Å². The molecule has 1 fully saturated rings. The van der Waals surface area contributed by atoms with Gasteiger partial charge in [-0.25, -0.2) is 4.90 Å². The zero-order chi connectivity index (χ0) is 22.8. The van der Waals surface area contributed by atoms with Crippen molar-refractivity contribution in [2.45, 2.75) is 11.8 Å². The number of carbonyl (C=O) groups is 2. The van der Waals surface area contributed by atoms with Gasteiger partial charge in [0.05, 0.1) is 17.5 Å². The van der Waals surface area contributed by atoms with E-state index in [-0.39, 0.29) is 35.5 Å². The Balaban J connectivity index is 1.27. The largest absolute Gasteiger partial charge is 0.457 e. The molecule has 4 heteroatoms. The van der Waals surface area contributed by atoms with E-state index in [0.717, 1.165) is 5.75 Å². The number of para-hydroxylation sites is 1. The monoisotopic (exact) mass is 443 g/mol. The molecule has 2 bridgehead atoms. The Kier molecular flexibility index (Phi) is 4.06. The van der Waals surface area contributed by atoms with Crippen molar-refractivity contribution in [3.8, 4) is 11.5 Å². The highest BCUT2D eigenvalue weighted by molar-refractivity contribution is 6.23. The molecule has 4 aromatic carbocycles. The molecule has 2 unspecified atom stereocenters. The second-order valence-corrected chi connectivity index (χ2v) is 9.19. The summed E-state index contributed by atoms with van der Waals surface area (Å²) in [4.78, 5) is 29.0. The maximum Gasteiger partial charge on any atom is 0.238 e. The molecular formula is C30H21NO3. The number of ether oxygens (including phenoxy) is 1. The van der Waals surface area contributed by atoms with Gasteiger partial charge in [-0.2, -0.15) is 0 Å². The normalized spacial score (nSPS) is 23.9. The quantitative estimate of drug-likeness (QED) is 0.372. The first kappa shape index (κ1) is 19.3. The molecule has 0 N–H and O–H groups in total. The van der Waals surface area contributed by atoms with Crippen LogP contribution in [0.2, 0.25) is 0 Å². The molecule has 0 spiro atoms. The van der Waals surface area contributed by atoms with Gasteiger partial charge in [0.25, 0.3) is 0 Å². The fraction of sp³-hybridized carbons (Fsp3) is 0.133. The molecule has 1 aliphatic heterocycles. The summed E-state index contributed by atoms with van der Waals surface area (Å²) in [5.41, 5.74) is 5.32. The zero-order valence-corrected chi connectivity index (χ0v) is 18.3. The molecule has 0 saturated carbocycles. The number of rotatable bonds is 3. The Morgan fingerprint density at radius 3 is 1.38 bits per heavy atom. The minimum atomic E-state index is -0.373. The van der Waals surface area contributed by atoms with Crippen molar-refractivity contribution in [2.75, 3.05) is 4.90 Å². The Hall–Kier alpha value is -4.18. The summed E-state index contributed by atoms with van der Waals surface area (Å²) in [5, 5.41) is 0. The SMILES string of the molecule is O=C1C2C3c4ccccc4C(c4ccccc43)C2C(=O)N1c1ccc(Oc2ccccc2)cc1. The molecule has 4 aromatic rings. The lowest BCUT2D eigenvalue weighted by Crippen LogP contribution is -2.41. The third kappa shape index (κ3) is 2.59. The number of nitrogens with zero attached hydrogens (tertiary/aromatic N) is 1. The lowest BCUT2D eigenvalue weighted by Gasteiger charge is -2.45. The van der Waals surface area contributed by atoms with Crippen LogP contribution in [0.4, 0.5) is 5.69 Å². The minimum absolute atomic E-state index is 0.0930. The van der Waals surface area contributed by atoms with Crippen molar-refractivity contribution in [3.63, 3.8) is 0 Å². The molecular weight excluding hydrogens is 422 g/mol. The first-order valence-corrected chi connectivity index (χ1v) is 11.6. The number of amides is 2. The Morgan fingerprint density at radius 2 is 0.912 bits per heavy atom. The van der Waals surface area contributed by atoms with Gasteiger partial charge in [0, 0.05) is 11.8 Å². The number of carbonyl (C=O) groups excluding carboxylic acids is 2. The van der Waals surface area contributed by atoms with Crippen LogP contribution in [0.5, 0.6) is 11.5 Å². The van der Waals surface area contributed by atoms with E-state index in [1.165, 1.54) is 27.2 Å². The molecule has 34 heavy (non-hydrogen) atoms. The Morgan fingerprint density at radius 1 is 0.500 bits per heavy atom. The van der Waals surface area contributed by atoms with E-state index in [0.29, 0.717) is 11.4 Å². The zero-order valence-electron chi connectivity index (χ0n) is 18.3. The summed E-state index contributed by atoms with van der Waals surface area (Å²) >= 11 is 0. The fourth-order valence-electron chi connectivity index (χ4n) is 6.22. The van der Waals surface area contributed by atoms with Crippen molar-refractivity contribution < 1.29 is 14.3 Å². The van der Waals surface area contributed by atoms with Gasteiger partial charge in [-0.3, -0.25) is 9.59 Å². The van der Waals surface area contributed by atoms with Crippen LogP contribution in [0.1, 0.15) is 34.1 Å². The predicted molar refractivity (Wildman–Crippen MR) is 129 cm³/mol. The molecule has 1 heterocycles. The second-order valence-electron chi connectivity index (χ2n) is 9.19. The molecule has 8 rings (SSSR count). The van der Waals surface area contributed by atoms with Crippen LogP contribution in [0.15, 0.2) is 103 Å². The van der Waals surface area contributed by atoms with E-state index in [1.807, 2.05) is 66.7 Å². The summed E-state index contributed by atoms with van der Waals surface area (Å²) < 4.78 is 5.88. The first-order valence-electron chi connectivity index (χ1n) is 11.6. The van der Waals surface area contributed by atoms with Gasteiger partial charge in [-0.15, -0.1) is 0 Å². The van der Waals surface area contributed by atoms with E-state index >= 15 is 0 Å². The maximum absolute atomic E-state index is 13.8. The minimum Gasteiger partial charge on any atom is -0.457 e. The third-order valence-electron chi connectivity index (χ3n) is 7.52. The van der Waals surface area contributed by atoms with E-state index in [1.54, 1.807) is 12.1 Å². The van der Waals surface area contributed by atoms with Gasteiger partial charge in [0.2, 0.25) is 11.8 Å². The lowest BCUT2D eigenvalue weighted by atomic mass is 9.55. The van der Waals surface area contributed by atoms with Crippen LogP contribution < -0.4 is 9.64 Å². The molecule has 0 radical (unpaired) electrons. The van der Waals surface area contributed by atoms with Crippen molar-refractivity contribution in [1.82, 2.24) is 0 Å². The van der Waals surface area contributed by atoms with E-state index in [2.05, 4.69) is 24.3 Å². The highest BCUT2D eigenvalue weighted by atomic mass is 16.5. The third-order valence-corrected chi connectivity index (χ3v) is 7.52. The molecule has 2 atom stereocenters. The van der Waals surface area contributed by atoms with Gasteiger partial charge in [0.15, 0.2) is 0 Å². The van der Waals surface area contributed by atoms with Gasteiger partial charge < -0.3 is 4.74 Å². The number of benzene rings is 4. The fourth-order valence-corrected chi connectivity index (χ4v) is 6.22. The summed E-state index contributed by atoms with van der Waals surface area (Å²) in [7, 11) is 0.